The van der Waals surface area contributed by atoms with Crippen LogP contribution in [0.5, 0.6) is 0 Å². The summed E-state index contributed by atoms with van der Waals surface area (Å²) in [6.45, 7) is 4.46. The van der Waals surface area contributed by atoms with Gasteiger partial charge in [-0.05, 0) is 35.7 Å². The van der Waals surface area contributed by atoms with E-state index in [4.69, 9.17) is 0 Å². The second-order valence-corrected chi connectivity index (χ2v) is 9.60. The predicted molar refractivity (Wildman–Crippen MR) is 95.3 cm³/mol. The molecular weight excluding hydrogens is 328 g/mol. The highest BCUT2D eigenvalue weighted by atomic mass is 32.1. The van der Waals surface area contributed by atoms with Crippen molar-refractivity contribution in [2.75, 3.05) is 0 Å². The van der Waals surface area contributed by atoms with Crippen molar-refractivity contribution in [1.29, 1.82) is 0 Å². The first-order chi connectivity index (χ1) is 9.24. The van der Waals surface area contributed by atoms with Crippen LogP contribution in [0.4, 0.5) is 0 Å². The number of hydrogen-bond acceptors (Lipinski definition) is 5. The fourth-order valence-corrected chi connectivity index (χ4v) is 9.67. The summed E-state index contributed by atoms with van der Waals surface area (Å²) >= 11 is 9.80. The lowest BCUT2D eigenvalue weighted by molar-refractivity contribution is 1.62. The van der Waals surface area contributed by atoms with E-state index in [1.807, 2.05) is 56.7 Å². The van der Waals surface area contributed by atoms with Crippen LogP contribution in [0.15, 0.2) is 10.8 Å². The average Bonchev–Trinajstić information content (AvgIpc) is 3.09. The van der Waals surface area contributed by atoms with Crippen LogP contribution in [-0.2, 0) is 0 Å². The minimum absolute atomic E-state index is 1.44. The van der Waals surface area contributed by atoms with E-state index in [1.54, 1.807) is 0 Å². The maximum Gasteiger partial charge on any atom is 0.0651 e. The molecule has 5 rings (SSSR count). The van der Waals surface area contributed by atoms with Gasteiger partial charge in [0, 0.05) is 0 Å². The smallest absolute Gasteiger partial charge is 0.0651 e. The van der Waals surface area contributed by atoms with E-state index in [1.165, 1.54) is 48.7 Å². The number of thiophene rings is 5. The van der Waals surface area contributed by atoms with E-state index in [9.17, 15) is 0 Å². The van der Waals surface area contributed by atoms with Crippen molar-refractivity contribution in [2.45, 2.75) is 13.8 Å². The molecule has 5 aromatic heterocycles. The van der Waals surface area contributed by atoms with Gasteiger partial charge in [-0.1, -0.05) is 0 Å². The molecule has 0 aliphatic carbocycles. The van der Waals surface area contributed by atoms with E-state index in [0.29, 0.717) is 0 Å². The van der Waals surface area contributed by atoms with Gasteiger partial charge in [-0.2, -0.15) is 0 Å². The Morgan fingerprint density at radius 3 is 1.37 bits per heavy atom. The third kappa shape index (κ3) is 1.28. The Labute approximate surface area is 129 Å². The minimum atomic E-state index is 1.44. The maximum atomic E-state index is 2.29. The van der Waals surface area contributed by atoms with Crippen molar-refractivity contribution in [3.63, 3.8) is 0 Å². The van der Waals surface area contributed by atoms with Gasteiger partial charge in [0.1, 0.15) is 0 Å². The lowest BCUT2D eigenvalue weighted by atomic mass is 10.3. The Hall–Kier alpha value is -0.460. The quantitative estimate of drug-likeness (QED) is 0.280. The van der Waals surface area contributed by atoms with E-state index in [0.717, 1.165) is 0 Å². The van der Waals surface area contributed by atoms with Gasteiger partial charge in [0.2, 0.25) is 0 Å². The average molecular weight is 337 g/mol. The molecule has 0 aromatic carbocycles. The molecule has 0 saturated carbocycles. The van der Waals surface area contributed by atoms with Crippen LogP contribution in [0.3, 0.4) is 0 Å². The van der Waals surface area contributed by atoms with Crippen LogP contribution in [0.2, 0.25) is 0 Å². The molecule has 0 bridgehead atoms. The summed E-state index contributed by atoms with van der Waals surface area (Å²) in [6, 6.07) is 0. The molecule has 0 radical (unpaired) electrons. The van der Waals surface area contributed by atoms with E-state index in [-0.39, 0.29) is 0 Å². The van der Waals surface area contributed by atoms with Gasteiger partial charge in [-0.25, -0.2) is 0 Å². The van der Waals surface area contributed by atoms with Gasteiger partial charge < -0.3 is 0 Å². The van der Waals surface area contributed by atoms with Crippen molar-refractivity contribution < 1.29 is 0 Å². The third-order valence-electron chi connectivity index (χ3n) is 3.48. The zero-order valence-corrected chi connectivity index (χ0v) is 14.3. The molecule has 0 spiro atoms. The first-order valence-corrected chi connectivity index (χ1v) is 10.1. The molecular formula is C14H8S5. The Morgan fingerprint density at radius 1 is 0.526 bits per heavy atom. The lowest BCUT2D eigenvalue weighted by Gasteiger charge is -1.80. The molecule has 5 heteroatoms. The molecule has 5 aromatic rings. The molecule has 0 aliphatic rings. The molecule has 0 aliphatic heterocycles. The number of aryl methyl sites for hydroxylation is 2. The van der Waals surface area contributed by atoms with Gasteiger partial charge in [0.15, 0.2) is 0 Å². The first-order valence-electron chi connectivity index (χ1n) is 5.93. The molecule has 94 valence electrons. The Balaban J connectivity index is 2.08. The van der Waals surface area contributed by atoms with E-state index < -0.39 is 0 Å². The summed E-state index contributed by atoms with van der Waals surface area (Å²) in [4.78, 5) is 0. The molecule has 0 saturated heterocycles. The number of fused-ring (bicyclic) bond motifs is 7. The molecule has 0 nitrogen and oxygen atoms in total. The molecule has 0 atom stereocenters. The van der Waals surface area contributed by atoms with Gasteiger partial charge in [0.05, 0.1) is 37.6 Å². The van der Waals surface area contributed by atoms with E-state index in [2.05, 4.69) is 24.6 Å². The predicted octanol–water partition coefficient (Wildman–Crippen LogP) is 7.22. The molecule has 19 heavy (non-hydrogen) atoms. The summed E-state index contributed by atoms with van der Waals surface area (Å²) < 4.78 is 12.1. The summed E-state index contributed by atoms with van der Waals surface area (Å²) in [5, 5.41) is 4.58. The topological polar surface area (TPSA) is 0 Å². The van der Waals surface area contributed by atoms with Gasteiger partial charge in [-0.15, -0.1) is 56.7 Å². The molecule has 0 N–H and O–H groups in total. The highest BCUT2D eigenvalue weighted by Gasteiger charge is 2.19. The Morgan fingerprint density at radius 2 is 0.895 bits per heavy atom. The van der Waals surface area contributed by atoms with Gasteiger partial charge in [0.25, 0.3) is 0 Å². The summed E-state index contributed by atoms with van der Waals surface area (Å²) in [6.07, 6.45) is 0. The third-order valence-corrected chi connectivity index (χ3v) is 10.5. The van der Waals surface area contributed by atoms with Crippen LogP contribution < -0.4 is 0 Å². The number of hydrogen-bond donors (Lipinski definition) is 0. The van der Waals surface area contributed by atoms with Gasteiger partial charge in [-0.3, -0.25) is 0 Å². The minimum Gasteiger partial charge on any atom is -0.141 e. The molecule has 5 heterocycles. The van der Waals surface area contributed by atoms with E-state index >= 15 is 0 Å². The second-order valence-electron chi connectivity index (χ2n) is 4.78. The number of rotatable bonds is 0. The van der Waals surface area contributed by atoms with Crippen molar-refractivity contribution in [1.82, 2.24) is 0 Å². The summed E-state index contributed by atoms with van der Waals surface area (Å²) in [5.74, 6) is 0. The highest BCUT2D eigenvalue weighted by molar-refractivity contribution is 7.47. The maximum absolute atomic E-state index is 2.29. The fraction of sp³-hybridized carbons (Fsp3) is 0.143. The molecule has 0 unspecified atom stereocenters. The van der Waals surface area contributed by atoms with Crippen molar-refractivity contribution in [3.8, 4) is 0 Å². The van der Waals surface area contributed by atoms with Crippen LogP contribution in [0.25, 0.3) is 37.6 Å². The largest absolute Gasteiger partial charge is 0.141 e. The standard InChI is InChI=1S/C14H8S5/c1-5-3-15-9-7(5)17-13-11(9)19-12-10-8(18-14(12)13)6(2)4-16-10/h3-4H,1-2H3. The summed E-state index contributed by atoms with van der Waals surface area (Å²) in [5.41, 5.74) is 2.88. The molecule has 0 amide bonds. The normalized spacial score (nSPS) is 12.7. The Kier molecular flexibility index (Phi) is 2.12. The van der Waals surface area contributed by atoms with Crippen LogP contribution in [0, 0.1) is 13.8 Å². The second kappa shape index (κ2) is 3.59. The van der Waals surface area contributed by atoms with Crippen LogP contribution >= 0.6 is 56.7 Å². The Bertz CT molecular complexity index is 990. The zero-order chi connectivity index (χ0) is 12.7. The van der Waals surface area contributed by atoms with Crippen molar-refractivity contribution in [3.05, 3.63) is 21.9 Å². The monoisotopic (exact) mass is 336 g/mol. The van der Waals surface area contributed by atoms with Crippen molar-refractivity contribution in [2.24, 2.45) is 0 Å². The summed E-state index contributed by atoms with van der Waals surface area (Å²) in [7, 11) is 0. The lowest BCUT2D eigenvalue weighted by Crippen LogP contribution is -1.54. The van der Waals surface area contributed by atoms with Crippen LogP contribution in [0.1, 0.15) is 11.1 Å². The SMILES string of the molecule is Cc1csc2c1sc1c2sc2c3scc(C)c3sc21. The zero-order valence-electron chi connectivity index (χ0n) is 10.2. The first kappa shape index (κ1) is 11.2. The fourth-order valence-electron chi connectivity index (χ4n) is 2.52. The molecule has 0 fully saturated rings. The highest BCUT2D eigenvalue weighted by Crippen LogP contribution is 2.53. The van der Waals surface area contributed by atoms with Crippen molar-refractivity contribution >= 4 is 94.3 Å². The van der Waals surface area contributed by atoms with Gasteiger partial charge >= 0.3 is 0 Å². The van der Waals surface area contributed by atoms with Crippen LogP contribution in [-0.4, -0.2) is 0 Å².